The number of amides is 1. The van der Waals surface area contributed by atoms with Crippen LogP contribution >= 0.6 is 0 Å². The Balaban J connectivity index is 1.51. The number of aromatic nitrogens is 3. The van der Waals surface area contributed by atoms with Crippen LogP contribution in [-0.4, -0.2) is 33.7 Å². The summed E-state index contributed by atoms with van der Waals surface area (Å²) >= 11 is 0. The molecular weight excluding hydrogens is 320 g/mol. The summed E-state index contributed by atoms with van der Waals surface area (Å²) < 4.78 is 5.83. The molecule has 0 spiro atoms. The monoisotopic (exact) mass is 340 g/mol. The first kappa shape index (κ1) is 16.8. The predicted octanol–water partition coefficient (Wildman–Crippen LogP) is 1.77. The van der Waals surface area contributed by atoms with Crippen molar-refractivity contribution in [2.45, 2.75) is 25.9 Å². The lowest BCUT2D eigenvalue weighted by atomic mass is 10.1. The Labute approximate surface area is 144 Å². The first-order valence-electron chi connectivity index (χ1n) is 8.19. The zero-order chi connectivity index (χ0) is 17.6. The number of hydrogen-bond donors (Lipinski definition) is 3. The maximum Gasteiger partial charge on any atom is 0.340 e. The molecule has 0 fully saturated rings. The van der Waals surface area contributed by atoms with Gasteiger partial charge in [0, 0.05) is 18.4 Å². The minimum Gasteiger partial charge on any atom is -0.480 e. The molecular formula is C18H20N4O3. The van der Waals surface area contributed by atoms with Gasteiger partial charge >= 0.3 is 5.69 Å². The number of nitrogens with one attached hydrogen (secondary N) is 3. The summed E-state index contributed by atoms with van der Waals surface area (Å²) in [4.78, 5) is 25.7. The van der Waals surface area contributed by atoms with Crippen LogP contribution in [0, 0.1) is 0 Å². The SMILES string of the molecule is CC(Oc1cccc2ccccc12)C(=O)NCCCc1n[nH]c(=O)[nH]1. The van der Waals surface area contributed by atoms with Crippen molar-refractivity contribution in [1.82, 2.24) is 20.5 Å². The van der Waals surface area contributed by atoms with Crippen molar-refractivity contribution < 1.29 is 9.53 Å². The standard InChI is InChI=1S/C18H20N4O3/c1-12(17(23)19-11-5-10-16-20-18(24)22-21-16)25-15-9-4-7-13-6-2-3-8-14(13)15/h2-4,6-9,12H,5,10-11H2,1H3,(H,19,23)(H2,20,21,22,24). The van der Waals surface area contributed by atoms with Crippen molar-refractivity contribution in [3.8, 4) is 5.75 Å². The third-order valence-electron chi connectivity index (χ3n) is 3.86. The number of fused-ring (bicyclic) bond motifs is 1. The molecule has 3 N–H and O–H groups in total. The van der Waals surface area contributed by atoms with E-state index in [-0.39, 0.29) is 11.6 Å². The molecule has 0 radical (unpaired) electrons. The van der Waals surface area contributed by atoms with Crippen LogP contribution in [0.5, 0.6) is 5.75 Å². The summed E-state index contributed by atoms with van der Waals surface area (Å²) in [5.74, 6) is 1.10. The summed E-state index contributed by atoms with van der Waals surface area (Å²) in [6.07, 6.45) is 0.654. The Bertz CT molecular complexity index is 910. The molecule has 1 unspecified atom stereocenters. The average molecular weight is 340 g/mol. The lowest BCUT2D eigenvalue weighted by molar-refractivity contribution is -0.127. The predicted molar refractivity (Wildman–Crippen MR) is 94.6 cm³/mol. The van der Waals surface area contributed by atoms with Gasteiger partial charge in [-0.2, -0.15) is 5.10 Å². The highest BCUT2D eigenvalue weighted by molar-refractivity contribution is 5.89. The minimum atomic E-state index is -0.601. The van der Waals surface area contributed by atoms with Crippen LogP contribution in [0.2, 0.25) is 0 Å². The molecule has 7 heteroatoms. The average Bonchev–Trinajstić information content (AvgIpc) is 3.04. The Hall–Kier alpha value is -3.09. The van der Waals surface area contributed by atoms with Gasteiger partial charge in [0.05, 0.1) is 0 Å². The number of carbonyl (C=O) groups is 1. The maximum atomic E-state index is 12.2. The van der Waals surface area contributed by atoms with E-state index in [1.165, 1.54) is 0 Å². The number of ether oxygens (including phenoxy) is 1. The molecule has 0 aliphatic carbocycles. The molecule has 1 heterocycles. The van der Waals surface area contributed by atoms with Gasteiger partial charge in [0.25, 0.3) is 5.91 Å². The van der Waals surface area contributed by atoms with Crippen molar-refractivity contribution in [2.75, 3.05) is 6.54 Å². The summed E-state index contributed by atoms with van der Waals surface area (Å²) in [6, 6.07) is 13.7. The van der Waals surface area contributed by atoms with Crippen LogP contribution in [0.25, 0.3) is 10.8 Å². The molecule has 0 aliphatic heterocycles. The second-order valence-corrected chi connectivity index (χ2v) is 5.76. The third kappa shape index (κ3) is 4.26. The van der Waals surface area contributed by atoms with E-state index in [1.54, 1.807) is 6.92 Å². The molecule has 2 aromatic carbocycles. The van der Waals surface area contributed by atoms with Crippen LogP contribution in [0.15, 0.2) is 47.3 Å². The third-order valence-corrected chi connectivity index (χ3v) is 3.86. The van der Waals surface area contributed by atoms with Crippen LogP contribution in [0.3, 0.4) is 0 Å². The van der Waals surface area contributed by atoms with Crippen LogP contribution in [0.4, 0.5) is 0 Å². The van der Waals surface area contributed by atoms with Crippen molar-refractivity contribution in [1.29, 1.82) is 0 Å². The molecule has 3 rings (SSSR count). The Morgan fingerprint density at radius 2 is 2.04 bits per heavy atom. The van der Waals surface area contributed by atoms with Gasteiger partial charge in [-0.05, 0) is 24.8 Å². The van der Waals surface area contributed by atoms with Gasteiger partial charge in [-0.1, -0.05) is 36.4 Å². The fraction of sp³-hybridized carbons (Fsp3) is 0.278. The van der Waals surface area contributed by atoms with Gasteiger partial charge in [-0.25, -0.2) is 9.89 Å². The summed E-state index contributed by atoms with van der Waals surface area (Å²) in [6.45, 7) is 2.21. The Kier molecular flexibility index (Phi) is 5.13. The van der Waals surface area contributed by atoms with Crippen LogP contribution in [0.1, 0.15) is 19.2 Å². The summed E-state index contributed by atoms with van der Waals surface area (Å²) in [5.41, 5.74) is -0.323. The first-order chi connectivity index (χ1) is 12.1. The van der Waals surface area contributed by atoms with Gasteiger partial charge in [0.15, 0.2) is 6.10 Å². The van der Waals surface area contributed by atoms with E-state index in [0.29, 0.717) is 31.0 Å². The second kappa shape index (κ2) is 7.65. The van der Waals surface area contributed by atoms with Crippen molar-refractivity contribution in [2.24, 2.45) is 0 Å². The van der Waals surface area contributed by atoms with E-state index < -0.39 is 6.10 Å². The molecule has 3 aromatic rings. The smallest absolute Gasteiger partial charge is 0.340 e. The van der Waals surface area contributed by atoms with E-state index in [9.17, 15) is 9.59 Å². The number of rotatable bonds is 7. The molecule has 7 nitrogen and oxygen atoms in total. The van der Waals surface area contributed by atoms with Gasteiger partial charge < -0.3 is 10.1 Å². The maximum absolute atomic E-state index is 12.2. The Morgan fingerprint density at radius 1 is 1.24 bits per heavy atom. The lowest BCUT2D eigenvalue weighted by Gasteiger charge is -2.16. The molecule has 0 saturated carbocycles. The van der Waals surface area contributed by atoms with E-state index in [0.717, 1.165) is 10.8 Å². The molecule has 130 valence electrons. The molecule has 1 amide bonds. The van der Waals surface area contributed by atoms with E-state index in [2.05, 4.69) is 20.5 Å². The molecule has 0 saturated heterocycles. The quantitative estimate of drug-likeness (QED) is 0.571. The number of aromatic amines is 2. The highest BCUT2D eigenvalue weighted by Gasteiger charge is 2.15. The molecule has 1 aromatic heterocycles. The summed E-state index contributed by atoms with van der Waals surface area (Å²) in [7, 11) is 0. The lowest BCUT2D eigenvalue weighted by Crippen LogP contribution is -2.37. The number of aryl methyl sites for hydroxylation is 1. The van der Waals surface area contributed by atoms with E-state index in [4.69, 9.17) is 4.74 Å². The van der Waals surface area contributed by atoms with Gasteiger partial charge in [-0.3, -0.25) is 9.78 Å². The minimum absolute atomic E-state index is 0.177. The van der Waals surface area contributed by atoms with Crippen molar-refractivity contribution in [3.63, 3.8) is 0 Å². The number of hydrogen-bond acceptors (Lipinski definition) is 4. The van der Waals surface area contributed by atoms with Crippen molar-refractivity contribution in [3.05, 3.63) is 58.8 Å². The molecule has 0 aliphatic rings. The highest BCUT2D eigenvalue weighted by Crippen LogP contribution is 2.25. The Morgan fingerprint density at radius 3 is 2.84 bits per heavy atom. The zero-order valence-corrected chi connectivity index (χ0v) is 13.9. The fourth-order valence-corrected chi connectivity index (χ4v) is 2.58. The second-order valence-electron chi connectivity index (χ2n) is 5.76. The first-order valence-corrected chi connectivity index (χ1v) is 8.19. The zero-order valence-electron chi connectivity index (χ0n) is 13.9. The highest BCUT2D eigenvalue weighted by atomic mass is 16.5. The van der Waals surface area contributed by atoms with Crippen LogP contribution in [-0.2, 0) is 11.2 Å². The topological polar surface area (TPSA) is 99.9 Å². The number of H-pyrrole nitrogens is 2. The number of carbonyl (C=O) groups excluding carboxylic acids is 1. The summed E-state index contributed by atoms with van der Waals surface area (Å²) in [5, 5.41) is 11.0. The molecule has 0 bridgehead atoms. The van der Waals surface area contributed by atoms with E-state index >= 15 is 0 Å². The van der Waals surface area contributed by atoms with Crippen LogP contribution < -0.4 is 15.7 Å². The number of benzene rings is 2. The van der Waals surface area contributed by atoms with Gasteiger partial charge in [0.1, 0.15) is 11.6 Å². The fourth-order valence-electron chi connectivity index (χ4n) is 2.58. The molecule has 1 atom stereocenters. The van der Waals surface area contributed by atoms with E-state index in [1.807, 2.05) is 42.5 Å². The van der Waals surface area contributed by atoms with Crippen molar-refractivity contribution >= 4 is 16.7 Å². The largest absolute Gasteiger partial charge is 0.480 e. The van der Waals surface area contributed by atoms with Gasteiger partial charge in [-0.15, -0.1) is 0 Å². The normalized spacial score (nSPS) is 12.0. The molecule has 25 heavy (non-hydrogen) atoms. The number of nitrogens with zero attached hydrogens (tertiary/aromatic N) is 1. The van der Waals surface area contributed by atoms with Gasteiger partial charge in [0.2, 0.25) is 0 Å².